The molecule has 2 aromatic carbocycles. The Bertz CT molecular complexity index is 722. The van der Waals surface area contributed by atoms with Gasteiger partial charge in [0.25, 0.3) is 0 Å². The van der Waals surface area contributed by atoms with Crippen molar-refractivity contribution in [3.05, 3.63) is 59.2 Å². The number of aryl methyl sites for hydroxylation is 1. The molecule has 0 aromatic heterocycles. The van der Waals surface area contributed by atoms with Crippen LogP contribution in [0.15, 0.2) is 47.4 Å². The Hall–Kier alpha value is -1.85. The first-order valence-corrected chi connectivity index (χ1v) is 8.27. The van der Waals surface area contributed by atoms with Crippen LogP contribution in [0.2, 0.25) is 0 Å². The van der Waals surface area contributed by atoms with E-state index in [-0.39, 0.29) is 5.75 Å². The first-order chi connectivity index (χ1) is 9.96. The maximum atomic E-state index is 12.4. The van der Waals surface area contributed by atoms with Gasteiger partial charge in [-0.2, -0.15) is 0 Å². The zero-order chi connectivity index (χ0) is 15.5. The highest BCUT2D eigenvalue weighted by Crippen LogP contribution is 2.23. The van der Waals surface area contributed by atoms with Gasteiger partial charge in [-0.1, -0.05) is 23.8 Å². The summed E-state index contributed by atoms with van der Waals surface area (Å²) in [7, 11) is -1.79. The Morgan fingerprint density at radius 3 is 2.33 bits per heavy atom. The molecular formula is C16H19NO3S. The molecule has 0 aliphatic heterocycles. The molecule has 0 saturated heterocycles. The second kappa shape index (κ2) is 6.28. The molecule has 0 fully saturated rings. The molecule has 0 amide bonds. The van der Waals surface area contributed by atoms with Crippen molar-refractivity contribution in [2.45, 2.75) is 24.1 Å². The number of hydrogen-bond donors (Lipinski definition) is 1. The Morgan fingerprint density at radius 2 is 1.76 bits per heavy atom. The van der Waals surface area contributed by atoms with E-state index in [4.69, 9.17) is 10.5 Å². The van der Waals surface area contributed by atoms with Gasteiger partial charge in [0.2, 0.25) is 0 Å². The smallest absolute Gasteiger partial charge is 0.182 e. The van der Waals surface area contributed by atoms with Crippen LogP contribution < -0.4 is 10.5 Å². The Balaban J connectivity index is 2.30. The normalized spacial score (nSPS) is 11.4. The molecule has 21 heavy (non-hydrogen) atoms. The van der Waals surface area contributed by atoms with E-state index in [0.717, 1.165) is 11.1 Å². The number of rotatable bonds is 5. The van der Waals surface area contributed by atoms with E-state index in [2.05, 4.69) is 0 Å². The fraction of sp³-hybridized carbons (Fsp3) is 0.250. The summed E-state index contributed by atoms with van der Waals surface area (Å²) in [4.78, 5) is 0.332. The fourth-order valence-electron chi connectivity index (χ4n) is 2.13. The fourth-order valence-corrected chi connectivity index (χ4v) is 3.47. The quantitative estimate of drug-likeness (QED) is 0.921. The molecule has 2 rings (SSSR count). The number of sulfone groups is 1. The number of benzene rings is 2. The van der Waals surface area contributed by atoms with Gasteiger partial charge in [0.05, 0.1) is 17.8 Å². The van der Waals surface area contributed by atoms with Crippen molar-refractivity contribution in [2.75, 3.05) is 7.11 Å². The second-order valence-corrected chi connectivity index (χ2v) is 6.91. The van der Waals surface area contributed by atoms with Crippen LogP contribution in [0.25, 0.3) is 0 Å². The number of ether oxygens (including phenoxy) is 1. The summed E-state index contributed by atoms with van der Waals surface area (Å²) in [5, 5.41) is 0. The van der Waals surface area contributed by atoms with E-state index < -0.39 is 9.84 Å². The van der Waals surface area contributed by atoms with Crippen LogP contribution in [0, 0.1) is 6.92 Å². The van der Waals surface area contributed by atoms with Crippen LogP contribution in [0.1, 0.15) is 16.7 Å². The molecule has 112 valence electrons. The molecule has 0 aliphatic carbocycles. The summed E-state index contributed by atoms with van der Waals surface area (Å²) in [6, 6.07) is 12.2. The summed E-state index contributed by atoms with van der Waals surface area (Å²) in [6.07, 6.45) is 0. The largest absolute Gasteiger partial charge is 0.496 e. The number of methoxy groups -OCH3 is 1. The molecular weight excluding hydrogens is 286 g/mol. The van der Waals surface area contributed by atoms with Crippen LogP contribution in [0.4, 0.5) is 0 Å². The highest BCUT2D eigenvalue weighted by Gasteiger charge is 2.16. The minimum atomic E-state index is -3.36. The summed E-state index contributed by atoms with van der Waals surface area (Å²) < 4.78 is 30.0. The van der Waals surface area contributed by atoms with Crippen LogP contribution in [-0.4, -0.2) is 15.5 Å². The molecule has 0 atom stereocenters. The minimum absolute atomic E-state index is 0.0486. The Morgan fingerprint density at radius 1 is 1.10 bits per heavy atom. The SMILES string of the molecule is COc1ccc(CS(=O)(=O)c2ccc(C)cc2)cc1CN. The van der Waals surface area contributed by atoms with Gasteiger partial charge in [-0.15, -0.1) is 0 Å². The van der Waals surface area contributed by atoms with Gasteiger partial charge in [0.1, 0.15) is 5.75 Å². The first-order valence-electron chi connectivity index (χ1n) is 6.61. The van der Waals surface area contributed by atoms with Crippen LogP contribution in [0.3, 0.4) is 0 Å². The zero-order valence-electron chi connectivity index (χ0n) is 12.2. The van der Waals surface area contributed by atoms with Crippen molar-refractivity contribution in [3.8, 4) is 5.75 Å². The molecule has 0 radical (unpaired) electrons. The lowest BCUT2D eigenvalue weighted by molar-refractivity contribution is 0.409. The van der Waals surface area contributed by atoms with Crippen molar-refractivity contribution < 1.29 is 13.2 Å². The average Bonchev–Trinajstić information content (AvgIpc) is 2.47. The van der Waals surface area contributed by atoms with E-state index in [9.17, 15) is 8.42 Å². The van der Waals surface area contributed by atoms with Crippen molar-refractivity contribution in [3.63, 3.8) is 0 Å². The van der Waals surface area contributed by atoms with Crippen molar-refractivity contribution in [1.82, 2.24) is 0 Å². The van der Waals surface area contributed by atoms with Gasteiger partial charge >= 0.3 is 0 Å². The zero-order valence-corrected chi connectivity index (χ0v) is 13.0. The lowest BCUT2D eigenvalue weighted by Crippen LogP contribution is -2.07. The summed E-state index contributed by atoms with van der Waals surface area (Å²) in [6.45, 7) is 2.23. The molecule has 0 spiro atoms. The van der Waals surface area contributed by atoms with Gasteiger partial charge in [-0.25, -0.2) is 8.42 Å². The maximum Gasteiger partial charge on any atom is 0.182 e. The van der Waals surface area contributed by atoms with Crippen molar-refractivity contribution >= 4 is 9.84 Å². The molecule has 0 bridgehead atoms. The Kier molecular flexibility index (Phi) is 4.65. The highest BCUT2D eigenvalue weighted by molar-refractivity contribution is 7.90. The minimum Gasteiger partial charge on any atom is -0.496 e. The monoisotopic (exact) mass is 305 g/mol. The van der Waals surface area contributed by atoms with E-state index in [1.807, 2.05) is 6.92 Å². The molecule has 0 aliphatic rings. The number of nitrogens with two attached hydrogens (primary N) is 1. The topological polar surface area (TPSA) is 69.4 Å². The highest BCUT2D eigenvalue weighted by atomic mass is 32.2. The van der Waals surface area contributed by atoms with Gasteiger partial charge in [-0.05, 0) is 36.8 Å². The molecule has 2 N–H and O–H groups in total. The predicted octanol–water partition coefficient (Wildman–Crippen LogP) is 2.44. The molecule has 0 heterocycles. The lowest BCUT2D eigenvalue weighted by atomic mass is 10.1. The molecule has 5 heteroatoms. The Labute approximate surface area is 125 Å². The van der Waals surface area contributed by atoms with Crippen molar-refractivity contribution in [2.24, 2.45) is 5.73 Å². The van der Waals surface area contributed by atoms with E-state index >= 15 is 0 Å². The lowest BCUT2D eigenvalue weighted by Gasteiger charge is -2.10. The predicted molar refractivity (Wildman–Crippen MR) is 83.0 cm³/mol. The maximum absolute atomic E-state index is 12.4. The van der Waals surface area contributed by atoms with Gasteiger partial charge in [0, 0.05) is 12.1 Å². The molecule has 4 nitrogen and oxygen atoms in total. The molecule has 2 aromatic rings. The van der Waals surface area contributed by atoms with Crippen molar-refractivity contribution in [1.29, 1.82) is 0 Å². The summed E-state index contributed by atoms with van der Waals surface area (Å²) in [5.74, 6) is 0.626. The van der Waals surface area contributed by atoms with Gasteiger partial charge in [0.15, 0.2) is 9.84 Å². The van der Waals surface area contributed by atoms with Gasteiger partial charge in [-0.3, -0.25) is 0 Å². The third kappa shape index (κ3) is 3.62. The summed E-state index contributed by atoms with van der Waals surface area (Å²) >= 11 is 0. The van der Waals surface area contributed by atoms with E-state index in [1.165, 1.54) is 0 Å². The van der Waals surface area contributed by atoms with Crippen LogP contribution in [-0.2, 0) is 22.1 Å². The van der Waals surface area contributed by atoms with Crippen LogP contribution >= 0.6 is 0 Å². The van der Waals surface area contributed by atoms with E-state index in [1.54, 1.807) is 49.6 Å². The molecule has 0 unspecified atom stereocenters. The summed E-state index contributed by atoms with van der Waals surface area (Å²) in [5.41, 5.74) is 8.19. The molecule has 0 saturated carbocycles. The first kappa shape index (κ1) is 15.5. The number of hydrogen-bond acceptors (Lipinski definition) is 4. The third-order valence-corrected chi connectivity index (χ3v) is 5.01. The average molecular weight is 305 g/mol. The van der Waals surface area contributed by atoms with Gasteiger partial charge < -0.3 is 10.5 Å². The third-order valence-electron chi connectivity index (χ3n) is 3.30. The van der Waals surface area contributed by atoms with E-state index in [0.29, 0.717) is 22.8 Å². The second-order valence-electron chi connectivity index (χ2n) is 4.92. The van der Waals surface area contributed by atoms with Crippen LogP contribution in [0.5, 0.6) is 5.75 Å². The standard InChI is InChI=1S/C16H19NO3S/c1-12-3-6-15(7-4-12)21(18,19)11-13-5-8-16(20-2)14(9-13)10-17/h3-9H,10-11,17H2,1-2H3.